The number of hydrogen-bond acceptors (Lipinski definition) is 5. The zero-order valence-electron chi connectivity index (χ0n) is 13.0. The molecule has 1 aliphatic rings. The number of hydrogen-bond donors (Lipinski definition) is 2. The fraction of sp³-hybridized carbons (Fsp3) is 0.375. The van der Waals surface area contributed by atoms with Crippen molar-refractivity contribution in [3.8, 4) is 0 Å². The van der Waals surface area contributed by atoms with Gasteiger partial charge in [0.15, 0.2) is 11.6 Å². The highest BCUT2D eigenvalue weighted by molar-refractivity contribution is 7.92. The molecule has 2 rings (SSSR count). The molecule has 0 heterocycles. The summed E-state index contributed by atoms with van der Waals surface area (Å²) in [5, 5.41) is 9.70. The number of anilines is 1. The standard InChI is InChI=1S/C16H19NO5S/c1-3-13(18)16-14(19)8-11(9-15(16)20)10-4-6-12(7-5-10)17-23(2,21)22/h4-7,11,17-18H,3,8-9H2,1-2H3. The minimum atomic E-state index is -3.34. The van der Waals surface area contributed by atoms with Crippen LogP contribution in [0, 0.1) is 0 Å². The van der Waals surface area contributed by atoms with Crippen molar-refractivity contribution in [2.75, 3.05) is 11.0 Å². The van der Waals surface area contributed by atoms with Gasteiger partial charge in [-0.15, -0.1) is 0 Å². The van der Waals surface area contributed by atoms with Crippen LogP contribution in [0.1, 0.15) is 37.7 Å². The van der Waals surface area contributed by atoms with E-state index in [1.165, 1.54) is 0 Å². The molecule has 0 bridgehead atoms. The van der Waals surface area contributed by atoms with Crippen molar-refractivity contribution in [1.29, 1.82) is 0 Å². The summed E-state index contributed by atoms with van der Waals surface area (Å²) in [6.07, 6.45) is 1.63. The first-order valence-electron chi connectivity index (χ1n) is 7.27. The summed E-state index contributed by atoms with van der Waals surface area (Å²) >= 11 is 0. The van der Waals surface area contributed by atoms with E-state index in [1.54, 1.807) is 31.2 Å². The van der Waals surface area contributed by atoms with E-state index in [0.717, 1.165) is 11.8 Å². The second kappa shape index (κ2) is 6.54. The maximum Gasteiger partial charge on any atom is 0.229 e. The van der Waals surface area contributed by atoms with Crippen LogP contribution in [0.15, 0.2) is 35.6 Å². The van der Waals surface area contributed by atoms with Crippen LogP contribution in [0.25, 0.3) is 0 Å². The molecule has 1 saturated carbocycles. The molecule has 0 saturated heterocycles. The van der Waals surface area contributed by atoms with Gasteiger partial charge in [-0.05, 0) is 23.6 Å². The molecule has 0 aromatic heterocycles. The molecule has 1 aliphatic carbocycles. The Morgan fingerprint density at radius 3 is 2.13 bits per heavy atom. The molecule has 0 unspecified atom stereocenters. The van der Waals surface area contributed by atoms with Gasteiger partial charge in [-0.2, -0.15) is 0 Å². The lowest BCUT2D eigenvalue weighted by atomic mass is 9.79. The van der Waals surface area contributed by atoms with Gasteiger partial charge in [0.25, 0.3) is 0 Å². The van der Waals surface area contributed by atoms with E-state index in [2.05, 4.69) is 4.72 Å². The molecule has 1 fully saturated rings. The third-order valence-electron chi connectivity index (χ3n) is 3.73. The van der Waals surface area contributed by atoms with Crippen LogP contribution in [0.5, 0.6) is 0 Å². The normalized spacial score (nSPS) is 18.9. The summed E-state index contributed by atoms with van der Waals surface area (Å²) in [6, 6.07) is 6.60. The largest absolute Gasteiger partial charge is 0.511 e. The zero-order chi connectivity index (χ0) is 17.2. The van der Waals surface area contributed by atoms with Crippen molar-refractivity contribution >= 4 is 27.3 Å². The third-order valence-corrected chi connectivity index (χ3v) is 4.34. The van der Waals surface area contributed by atoms with Gasteiger partial charge in [0, 0.05) is 24.9 Å². The van der Waals surface area contributed by atoms with E-state index in [4.69, 9.17) is 0 Å². The van der Waals surface area contributed by atoms with Crippen LogP contribution in [-0.2, 0) is 19.6 Å². The van der Waals surface area contributed by atoms with Crippen LogP contribution in [0.2, 0.25) is 0 Å². The lowest BCUT2D eigenvalue weighted by Crippen LogP contribution is -2.26. The Morgan fingerprint density at radius 1 is 1.17 bits per heavy atom. The number of sulfonamides is 1. The fourth-order valence-electron chi connectivity index (χ4n) is 2.65. The van der Waals surface area contributed by atoms with Gasteiger partial charge >= 0.3 is 0 Å². The lowest BCUT2D eigenvalue weighted by Gasteiger charge is -2.23. The Morgan fingerprint density at radius 2 is 1.70 bits per heavy atom. The second-order valence-electron chi connectivity index (χ2n) is 5.62. The van der Waals surface area contributed by atoms with Crippen LogP contribution in [-0.4, -0.2) is 31.3 Å². The minimum absolute atomic E-state index is 0.0703. The number of aliphatic hydroxyl groups excluding tert-OH is 1. The molecule has 7 heteroatoms. The van der Waals surface area contributed by atoms with Crippen LogP contribution >= 0.6 is 0 Å². The van der Waals surface area contributed by atoms with E-state index in [0.29, 0.717) is 5.69 Å². The summed E-state index contributed by atoms with van der Waals surface area (Å²) in [6.45, 7) is 1.68. The van der Waals surface area contributed by atoms with E-state index in [1.807, 2.05) is 0 Å². The van der Waals surface area contributed by atoms with E-state index in [9.17, 15) is 23.1 Å². The Hall–Kier alpha value is -2.15. The summed E-state index contributed by atoms with van der Waals surface area (Å²) < 4.78 is 24.7. The summed E-state index contributed by atoms with van der Waals surface area (Å²) in [5.74, 6) is -1.09. The highest BCUT2D eigenvalue weighted by atomic mass is 32.2. The SMILES string of the molecule is CCC(O)=C1C(=O)CC(c2ccc(NS(C)(=O)=O)cc2)CC1=O. The van der Waals surface area contributed by atoms with Crippen LogP contribution in [0.4, 0.5) is 5.69 Å². The number of allylic oxidation sites excluding steroid dienone is 2. The van der Waals surface area contributed by atoms with Gasteiger partial charge in [-0.3, -0.25) is 14.3 Å². The van der Waals surface area contributed by atoms with E-state index in [-0.39, 0.29) is 48.1 Å². The monoisotopic (exact) mass is 337 g/mol. The van der Waals surface area contributed by atoms with Gasteiger partial charge < -0.3 is 5.11 Å². The molecule has 124 valence electrons. The average Bonchev–Trinajstić information content (AvgIpc) is 2.45. The van der Waals surface area contributed by atoms with Crippen LogP contribution in [0.3, 0.4) is 0 Å². The van der Waals surface area contributed by atoms with Crippen molar-refractivity contribution in [1.82, 2.24) is 0 Å². The fourth-order valence-corrected chi connectivity index (χ4v) is 3.22. The quantitative estimate of drug-likeness (QED) is 0.499. The van der Waals surface area contributed by atoms with Gasteiger partial charge in [-0.1, -0.05) is 19.1 Å². The molecule has 0 atom stereocenters. The molecule has 1 aromatic rings. The Labute approximate surface area is 135 Å². The molecular formula is C16H19NO5S. The van der Waals surface area contributed by atoms with Crippen molar-refractivity contribution in [2.45, 2.75) is 32.1 Å². The summed E-state index contributed by atoms with van der Waals surface area (Å²) in [4.78, 5) is 24.2. The molecule has 0 aliphatic heterocycles. The predicted octanol–water partition coefficient (Wildman–Crippen LogP) is 2.30. The molecule has 0 amide bonds. The molecule has 2 N–H and O–H groups in total. The molecule has 6 nitrogen and oxygen atoms in total. The number of carbonyl (C=O) groups excluding carboxylic acids is 2. The maximum absolute atomic E-state index is 12.1. The van der Waals surface area contributed by atoms with Gasteiger partial charge in [0.05, 0.1) is 11.8 Å². The first kappa shape index (κ1) is 17.2. The Bertz CT molecular complexity index is 742. The number of nitrogens with one attached hydrogen (secondary N) is 1. The maximum atomic E-state index is 12.1. The average molecular weight is 337 g/mol. The first-order chi connectivity index (χ1) is 10.7. The van der Waals surface area contributed by atoms with Crippen molar-refractivity contribution in [3.63, 3.8) is 0 Å². The molecule has 1 aromatic carbocycles. The topological polar surface area (TPSA) is 101 Å². The smallest absolute Gasteiger partial charge is 0.229 e. The van der Waals surface area contributed by atoms with E-state index >= 15 is 0 Å². The zero-order valence-corrected chi connectivity index (χ0v) is 13.8. The number of rotatable bonds is 4. The third kappa shape index (κ3) is 4.19. The number of ketones is 2. The highest BCUT2D eigenvalue weighted by Crippen LogP contribution is 2.33. The second-order valence-corrected chi connectivity index (χ2v) is 7.37. The lowest BCUT2D eigenvalue weighted by molar-refractivity contribution is -0.124. The number of carbonyl (C=O) groups is 2. The molecule has 0 spiro atoms. The number of benzene rings is 1. The molecular weight excluding hydrogens is 318 g/mol. The predicted molar refractivity (Wildman–Crippen MR) is 86.8 cm³/mol. The molecule has 0 radical (unpaired) electrons. The summed E-state index contributed by atoms with van der Waals surface area (Å²) in [5.41, 5.74) is 1.15. The van der Waals surface area contributed by atoms with Crippen molar-refractivity contribution in [3.05, 3.63) is 41.2 Å². The van der Waals surface area contributed by atoms with E-state index < -0.39 is 10.0 Å². The Balaban J connectivity index is 2.19. The van der Waals surface area contributed by atoms with Crippen LogP contribution < -0.4 is 4.72 Å². The van der Waals surface area contributed by atoms with Crippen molar-refractivity contribution < 1.29 is 23.1 Å². The number of aliphatic hydroxyl groups is 1. The summed E-state index contributed by atoms with van der Waals surface area (Å²) in [7, 11) is -3.34. The van der Waals surface area contributed by atoms with Gasteiger partial charge in [0.2, 0.25) is 10.0 Å². The Kier molecular flexibility index (Phi) is 4.89. The number of Topliss-reactive ketones (excluding diaryl/α,β-unsaturated/α-hetero) is 2. The van der Waals surface area contributed by atoms with Gasteiger partial charge in [0.1, 0.15) is 5.76 Å². The van der Waals surface area contributed by atoms with Crippen molar-refractivity contribution in [2.24, 2.45) is 0 Å². The minimum Gasteiger partial charge on any atom is -0.511 e. The highest BCUT2D eigenvalue weighted by Gasteiger charge is 2.33. The van der Waals surface area contributed by atoms with Gasteiger partial charge in [-0.25, -0.2) is 8.42 Å². The first-order valence-corrected chi connectivity index (χ1v) is 9.16. The molecule has 23 heavy (non-hydrogen) atoms.